The Morgan fingerprint density at radius 1 is 0.630 bits per heavy atom. The van der Waals surface area contributed by atoms with Crippen LogP contribution in [0.4, 0.5) is 0 Å². The third kappa shape index (κ3) is 32.9. The zero-order valence-electron chi connectivity index (χ0n) is 38.0. The molecule has 0 aromatic carbocycles. The minimum absolute atomic E-state index is 0.0606. The summed E-state index contributed by atoms with van der Waals surface area (Å²) in [6.45, 7) is -10.1. The lowest BCUT2D eigenvalue weighted by atomic mass is 10.1. The van der Waals surface area contributed by atoms with Crippen LogP contribution in [0.1, 0.15) is 180 Å². The second kappa shape index (κ2) is 30.1. The second-order valence-electron chi connectivity index (χ2n) is 12.5. The third-order valence-corrected chi connectivity index (χ3v) is 8.76. The fraction of sp³-hybridized carbons (Fsp3) is 0.944. The Labute approximate surface area is 295 Å². The Morgan fingerprint density at radius 3 is 1.48 bits per heavy atom. The van der Waals surface area contributed by atoms with Gasteiger partial charge < -0.3 is 27.9 Å². The summed E-state index contributed by atoms with van der Waals surface area (Å²) in [5.41, 5.74) is 0. The maximum absolute atomic E-state index is 12.7. The van der Waals surface area contributed by atoms with E-state index in [2.05, 4.69) is 18.4 Å². The van der Waals surface area contributed by atoms with Crippen LogP contribution < -0.4 is 4.89 Å². The van der Waals surface area contributed by atoms with Crippen molar-refractivity contribution in [2.24, 2.45) is 0 Å². The molecule has 0 heterocycles. The van der Waals surface area contributed by atoms with Gasteiger partial charge >= 0.3 is 11.9 Å². The average Bonchev–Trinajstić information content (AvgIpc) is 3.07. The molecule has 0 rings (SSSR count). The van der Waals surface area contributed by atoms with Crippen LogP contribution in [-0.2, 0) is 32.7 Å². The lowest BCUT2D eigenvalue weighted by Gasteiger charge is -2.28. The first-order valence-corrected chi connectivity index (χ1v) is 19.5. The quantitative estimate of drug-likeness (QED) is 0.0285. The molecule has 2 atom stereocenters. The van der Waals surface area contributed by atoms with Crippen LogP contribution in [0.5, 0.6) is 0 Å². The van der Waals surface area contributed by atoms with Crippen LogP contribution in [0.2, 0.25) is 0 Å². The van der Waals surface area contributed by atoms with Gasteiger partial charge in [0.15, 0.2) is 6.10 Å². The van der Waals surface area contributed by atoms with E-state index >= 15 is 0 Å². The van der Waals surface area contributed by atoms with Crippen molar-refractivity contribution in [1.29, 1.82) is 0 Å². The van der Waals surface area contributed by atoms with Gasteiger partial charge in [0.2, 0.25) is 0 Å². The van der Waals surface area contributed by atoms with Gasteiger partial charge in [0, 0.05) is 12.8 Å². The monoisotopic (exact) mass is 687 g/mol. The summed E-state index contributed by atoms with van der Waals surface area (Å²) >= 11 is 0. The highest BCUT2D eigenvalue weighted by molar-refractivity contribution is 7.45. The molecule has 0 radical (unpaired) electrons. The van der Waals surface area contributed by atoms with Crippen molar-refractivity contribution in [2.45, 2.75) is 174 Å². The van der Waals surface area contributed by atoms with Crippen LogP contribution in [0.25, 0.3) is 0 Å². The number of unbranched alkanes of at least 4 members (excludes halogenated alkanes) is 20. The van der Waals surface area contributed by atoms with Crippen LogP contribution in [-0.4, -0.2) is 69.8 Å². The SMILES string of the molecule is [2H]C([2H])([2H])[N+](CCOP(=O)([O-])OC[C@H](COC(=O)CCCCCCCCCCCCC)OC(=O)CCCCCCCCCCCCC)(C([2H])([2H])[2H])C([2H])([2H])[2H]. The average molecular weight is 687 g/mol. The zero-order valence-corrected chi connectivity index (χ0v) is 29.9. The van der Waals surface area contributed by atoms with Crippen LogP contribution in [0.15, 0.2) is 0 Å². The summed E-state index contributed by atoms with van der Waals surface area (Å²) in [6, 6.07) is 0. The van der Waals surface area contributed by atoms with Crippen molar-refractivity contribution >= 4 is 19.8 Å². The standard InChI is InChI=1S/C36H72NO8P/c1-6-8-10-12-14-16-18-20-22-24-26-28-35(38)42-32-34(33-44-46(40,41)43-31-30-37(3,4)5)45-36(39)29-27-25-23-21-19-17-15-13-11-9-7-2/h34H,6-33H2,1-5H3/t34-/m0/s1/i3D3,4D3,5D3. The minimum atomic E-state index is -5.31. The van der Waals surface area contributed by atoms with Crippen LogP contribution >= 0.6 is 7.82 Å². The van der Waals surface area contributed by atoms with Gasteiger partial charge in [0.05, 0.1) is 39.9 Å². The first-order chi connectivity index (χ1) is 25.7. The summed E-state index contributed by atoms with van der Waals surface area (Å²) in [4.78, 5) is 37.8. The number of nitrogens with zero attached hydrogens (tertiary/aromatic N) is 1. The number of hydrogen-bond acceptors (Lipinski definition) is 8. The van der Waals surface area contributed by atoms with Gasteiger partial charge in [-0.1, -0.05) is 142 Å². The number of esters is 2. The molecule has 0 aliphatic carbocycles. The fourth-order valence-corrected chi connectivity index (χ4v) is 5.72. The van der Waals surface area contributed by atoms with Gasteiger partial charge in [-0.15, -0.1) is 0 Å². The molecule has 0 aliphatic rings. The van der Waals surface area contributed by atoms with Crippen molar-refractivity contribution in [3.8, 4) is 0 Å². The second-order valence-corrected chi connectivity index (χ2v) is 13.9. The van der Waals surface area contributed by atoms with Gasteiger partial charge in [-0.25, -0.2) is 0 Å². The van der Waals surface area contributed by atoms with Gasteiger partial charge in [0.1, 0.15) is 19.8 Å². The van der Waals surface area contributed by atoms with E-state index < -0.39 is 77.6 Å². The van der Waals surface area contributed by atoms with Gasteiger partial charge in [-0.2, -0.15) is 0 Å². The van der Waals surface area contributed by atoms with E-state index in [0.717, 1.165) is 51.4 Å². The third-order valence-electron chi connectivity index (χ3n) is 7.79. The molecule has 0 bridgehead atoms. The molecule has 9 nitrogen and oxygen atoms in total. The lowest BCUT2D eigenvalue weighted by Crippen LogP contribution is -2.37. The van der Waals surface area contributed by atoms with E-state index in [0.29, 0.717) is 12.8 Å². The number of ether oxygens (including phenoxy) is 2. The molecule has 0 spiro atoms. The normalized spacial score (nSPS) is 17.5. The summed E-state index contributed by atoms with van der Waals surface area (Å²) in [5, 5.41) is 0. The van der Waals surface area contributed by atoms with E-state index in [4.69, 9.17) is 26.3 Å². The number of phosphoric acid groups is 1. The number of quaternary nitrogens is 1. The van der Waals surface area contributed by atoms with E-state index in [1.807, 2.05) is 0 Å². The Balaban J connectivity index is 5.07. The molecule has 274 valence electrons. The smallest absolute Gasteiger partial charge is 0.306 e. The topological polar surface area (TPSA) is 111 Å². The van der Waals surface area contributed by atoms with Crippen LogP contribution in [0.3, 0.4) is 0 Å². The highest BCUT2D eigenvalue weighted by atomic mass is 31.2. The molecule has 10 heteroatoms. The lowest BCUT2D eigenvalue weighted by molar-refractivity contribution is -0.870. The molecule has 46 heavy (non-hydrogen) atoms. The highest BCUT2D eigenvalue weighted by Crippen LogP contribution is 2.38. The number of rotatable bonds is 34. The van der Waals surface area contributed by atoms with Gasteiger partial charge in [0.25, 0.3) is 7.82 Å². The molecule has 1 unspecified atom stereocenters. The number of carbonyl (C=O) groups excluding carboxylic acids is 2. The molecule has 0 aromatic heterocycles. The van der Waals surface area contributed by atoms with Crippen molar-refractivity contribution in [1.82, 2.24) is 0 Å². The van der Waals surface area contributed by atoms with E-state index in [9.17, 15) is 19.0 Å². The van der Waals surface area contributed by atoms with Crippen molar-refractivity contribution < 1.29 is 54.4 Å². The van der Waals surface area contributed by atoms with Crippen molar-refractivity contribution in [3.05, 3.63) is 0 Å². The Bertz CT molecular complexity index is 1030. The molecular formula is C36H72NO8P. The maximum atomic E-state index is 12.7. The molecular weight excluding hydrogens is 605 g/mol. The minimum Gasteiger partial charge on any atom is -0.756 e. The summed E-state index contributed by atoms with van der Waals surface area (Å²) in [5.74, 6) is -1.18. The molecule has 0 saturated carbocycles. The van der Waals surface area contributed by atoms with E-state index in [1.54, 1.807) is 0 Å². The summed E-state index contributed by atoms with van der Waals surface area (Å²) in [6.07, 6.45) is 23.1. The molecule has 0 saturated heterocycles. The number of hydrogen-bond donors (Lipinski definition) is 0. The summed E-state index contributed by atoms with van der Waals surface area (Å²) in [7, 11) is -5.31. The predicted molar refractivity (Wildman–Crippen MR) is 185 cm³/mol. The Morgan fingerprint density at radius 2 is 1.04 bits per heavy atom. The molecule has 0 aliphatic heterocycles. The molecule has 0 N–H and O–H groups in total. The first-order valence-electron chi connectivity index (χ1n) is 22.6. The number of phosphoric ester groups is 1. The number of likely N-dealkylation sites (N-methyl/N-ethyl adjacent to an activating group) is 1. The van der Waals surface area contributed by atoms with Crippen molar-refractivity contribution in [3.63, 3.8) is 0 Å². The Kier molecular flexibility index (Phi) is 20.3. The molecule has 0 fully saturated rings. The maximum Gasteiger partial charge on any atom is 0.306 e. The zero-order chi connectivity index (χ0) is 41.9. The Hall–Kier alpha value is -0.990. The highest BCUT2D eigenvalue weighted by Gasteiger charge is 2.21. The fourth-order valence-electron chi connectivity index (χ4n) is 4.99. The van der Waals surface area contributed by atoms with Crippen LogP contribution in [0, 0.1) is 0 Å². The molecule has 0 amide bonds. The van der Waals surface area contributed by atoms with E-state index in [-0.39, 0.29) is 12.8 Å². The van der Waals surface area contributed by atoms with Gasteiger partial charge in [-0.3, -0.25) is 14.2 Å². The first kappa shape index (κ1) is 31.0. The molecule has 0 aromatic rings. The summed E-state index contributed by atoms with van der Waals surface area (Å²) < 4.78 is 99.4. The van der Waals surface area contributed by atoms with E-state index in [1.165, 1.54) is 77.0 Å². The van der Waals surface area contributed by atoms with Crippen molar-refractivity contribution in [2.75, 3.05) is 47.3 Å². The largest absolute Gasteiger partial charge is 0.756 e. The number of carbonyl (C=O) groups is 2. The van der Waals surface area contributed by atoms with Gasteiger partial charge in [-0.05, 0) is 12.8 Å². The predicted octanol–water partition coefficient (Wildman–Crippen LogP) is 9.05.